The molecule has 0 amide bonds. The first-order chi connectivity index (χ1) is 11.4. The molecule has 0 bridgehead atoms. The summed E-state index contributed by atoms with van der Waals surface area (Å²) in [6, 6.07) is 7.38. The van der Waals surface area contributed by atoms with Crippen molar-refractivity contribution < 1.29 is 44.2 Å². The molecule has 0 saturated heterocycles. The Labute approximate surface area is 137 Å². The van der Waals surface area contributed by atoms with Crippen molar-refractivity contribution in [3.8, 4) is 11.5 Å². The first-order valence-electron chi connectivity index (χ1n) is 6.35. The molecule has 2 rings (SSSR count). The van der Waals surface area contributed by atoms with Crippen LogP contribution in [0.5, 0.6) is 11.5 Å². The monoisotopic (exact) mass is 386 g/mol. The molecule has 2 aromatic carbocycles. The summed E-state index contributed by atoms with van der Waals surface area (Å²) < 4.78 is 107. The second-order valence-corrected chi connectivity index (χ2v) is 6.38. The minimum absolute atomic E-state index is 0.730. The number of benzene rings is 2. The fraction of sp³-hybridized carbons (Fsp3) is 0.143. The zero-order valence-electron chi connectivity index (χ0n) is 11.9. The molecule has 136 valence electrons. The predicted molar refractivity (Wildman–Crippen MR) is 71.7 cm³/mol. The summed E-state index contributed by atoms with van der Waals surface area (Å²) in [5.74, 6) is -2.14. The highest BCUT2D eigenvalue weighted by Gasteiger charge is 2.37. The van der Waals surface area contributed by atoms with E-state index in [0.29, 0.717) is 0 Å². The van der Waals surface area contributed by atoms with E-state index >= 15 is 0 Å². The Morgan fingerprint density at radius 2 is 0.960 bits per heavy atom. The molecule has 0 saturated carbocycles. The maximum Gasteiger partial charge on any atom is 0.573 e. The Balaban J connectivity index is 2.58. The van der Waals surface area contributed by atoms with Crippen LogP contribution in [0.4, 0.5) is 26.3 Å². The van der Waals surface area contributed by atoms with Gasteiger partial charge in [-0.1, -0.05) is 24.3 Å². The van der Waals surface area contributed by atoms with Gasteiger partial charge in [0.25, 0.3) is 0 Å². The van der Waals surface area contributed by atoms with Gasteiger partial charge in [-0.2, -0.15) is 0 Å². The molecule has 0 radical (unpaired) electrons. The van der Waals surface area contributed by atoms with E-state index in [1.165, 1.54) is 0 Å². The molecule has 0 aliphatic heterocycles. The number of ether oxygens (including phenoxy) is 2. The van der Waals surface area contributed by atoms with Gasteiger partial charge in [0, 0.05) is 0 Å². The highest BCUT2D eigenvalue weighted by atomic mass is 32.2. The van der Waals surface area contributed by atoms with Crippen LogP contribution >= 0.6 is 0 Å². The zero-order valence-corrected chi connectivity index (χ0v) is 12.7. The lowest BCUT2D eigenvalue weighted by Gasteiger charge is -2.16. The second-order valence-electron chi connectivity index (χ2n) is 4.49. The van der Waals surface area contributed by atoms with Gasteiger partial charge in [0.2, 0.25) is 9.84 Å². The third-order valence-electron chi connectivity index (χ3n) is 2.73. The van der Waals surface area contributed by atoms with Crippen molar-refractivity contribution >= 4 is 9.84 Å². The van der Waals surface area contributed by atoms with Gasteiger partial charge in [-0.05, 0) is 24.3 Å². The van der Waals surface area contributed by atoms with Crippen LogP contribution in [-0.2, 0) is 9.84 Å². The van der Waals surface area contributed by atoms with Crippen molar-refractivity contribution in [1.82, 2.24) is 0 Å². The molecule has 0 N–H and O–H groups in total. The van der Waals surface area contributed by atoms with E-state index in [0.717, 1.165) is 48.5 Å². The number of alkyl halides is 6. The van der Waals surface area contributed by atoms with Gasteiger partial charge in [0.1, 0.15) is 21.3 Å². The van der Waals surface area contributed by atoms with Gasteiger partial charge < -0.3 is 9.47 Å². The Bertz CT molecular complexity index is 793. The van der Waals surface area contributed by atoms with Crippen LogP contribution in [0.1, 0.15) is 0 Å². The van der Waals surface area contributed by atoms with Crippen molar-refractivity contribution in [3.63, 3.8) is 0 Å². The maximum absolute atomic E-state index is 12.6. The molecule has 0 aromatic heterocycles. The highest BCUT2D eigenvalue weighted by Crippen LogP contribution is 2.37. The van der Waals surface area contributed by atoms with E-state index in [4.69, 9.17) is 0 Å². The van der Waals surface area contributed by atoms with Crippen molar-refractivity contribution in [3.05, 3.63) is 48.5 Å². The smallest absolute Gasteiger partial charge is 0.404 e. The first kappa shape index (κ1) is 18.9. The van der Waals surface area contributed by atoms with Gasteiger partial charge in [-0.15, -0.1) is 26.3 Å². The van der Waals surface area contributed by atoms with Crippen LogP contribution in [0.25, 0.3) is 0 Å². The summed E-state index contributed by atoms with van der Waals surface area (Å²) in [5, 5.41) is 0. The lowest BCUT2D eigenvalue weighted by Crippen LogP contribution is -2.20. The van der Waals surface area contributed by atoms with Gasteiger partial charge in [0.15, 0.2) is 0 Å². The van der Waals surface area contributed by atoms with Crippen molar-refractivity contribution in [2.45, 2.75) is 22.5 Å². The van der Waals surface area contributed by atoms with Crippen LogP contribution in [0, 0.1) is 0 Å². The molecule has 0 aliphatic rings. The summed E-state index contributed by atoms with van der Waals surface area (Å²) >= 11 is 0. The van der Waals surface area contributed by atoms with Crippen molar-refractivity contribution in [2.75, 3.05) is 0 Å². The molecule has 4 nitrogen and oxygen atoms in total. The molecule has 0 spiro atoms. The molecular weight excluding hydrogens is 378 g/mol. The van der Waals surface area contributed by atoms with Crippen LogP contribution in [-0.4, -0.2) is 21.1 Å². The summed E-state index contributed by atoms with van der Waals surface area (Å²) in [4.78, 5) is -1.91. The SMILES string of the molecule is O=S(=O)(c1ccccc1OC(F)(F)F)c1ccccc1OC(F)(F)F. The van der Waals surface area contributed by atoms with Crippen molar-refractivity contribution in [2.24, 2.45) is 0 Å². The van der Waals surface area contributed by atoms with Crippen LogP contribution < -0.4 is 9.47 Å². The molecule has 0 fully saturated rings. The third kappa shape index (κ3) is 4.78. The van der Waals surface area contributed by atoms with E-state index in [2.05, 4.69) is 9.47 Å². The standard InChI is InChI=1S/C14H8F6O4S/c15-13(16,17)23-9-5-1-3-7-11(9)25(21,22)12-8-4-2-6-10(12)24-14(18,19)20/h1-8H. The van der Waals surface area contributed by atoms with E-state index in [9.17, 15) is 34.8 Å². The molecule has 2 aromatic rings. The lowest BCUT2D eigenvalue weighted by molar-refractivity contribution is -0.276. The predicted octanol–water partition coefficient (Wildman–Crippen LogP) is 4.32. The fourth-order valence-electron chi connectivity index (χ4n) is 1.88. The average molecular weight is 386 g/mol. The molecule has 11 heteroatoms. The molecule has 0 unspecified atom stereocenters. The number of sulfone groups is 1. The lowest BCUT2D eigenvalue weighted by atomic mass is 10.3. The number of rotatable bonds is 4. The summed E-state index contributed by atoms with van der Waals surface area (Å²) in [6.07, 6.45) is -10.4. The molecular formula is C14H8F6O4S. The maximum atomic E-state index is 12.6. The number of hydrogen-bond donors (Lipinski definition) is 0. The van der Waals surface area contributed by atoms with Crippen LogP contribution in [0.15, 0.2) is 58.3 Å². The van der Waals surface area contributed by atoms with E-state index in [1.807, 2.05) is 0 Å². The van der Waals surface area contributed by atoms with Gasteiger partial charge in [0.05, 0.1) is 0 Å². The Morgan fingerprint density at radius 1 is 0.640 bits per heavy atom. The molecule has 0 atom stereocenters. The van der Waals surface area contributed by atoms with E-state index in [1.54, 1.807) is 0 Å². The molecule has 0 heterocycles. The summed E-state index contributed by atoms with van der Waals surface area (Å²) in [6.45, 7) is 0. The highest BCUT2D eigenvalue weighted by molar-refractivity contribution is 7.91. The molecule has 25 heavy (non-hydrogen) atoms. The normalized spacial score (nSPS) is 12.7. The second kappa shape index (κ2) is 6.47. The Hall–Kier alpha value is -2.43. The van der Waals surface area contributed by atoms with Crippen LogP contribution in [0.2, 0.25) is 0 Å². The van der Waals surface area contributed by atoms with E-state index < -0.39 is 43.9 Å². The van der Waals surface area contributed by atoms with E-state index in [-0.39, 0.29) is 0 Å². The Kier molecular flexibility index (Phi) is 4.89. The van der Waals surface area contributed by atoms with Gasteiger partial charge in [-0.25, -0.2) is 8.42 Å². The number of halogens is 6. The largest absolute Gasteiger partial charge is 0.573 e. The average Bonchev–Trinajstić information content (AvgIpc) is 2.44. The number of hydrogen-bond acceptors (Lipinski definition) is 4. The minimum atomic E-state index is -5.19. The zero-order chi connectivity index (χ0) is 18.9. The summed E-state index contributed by atoms with van der Waals surface area (Å²) in [7, 11) is -4.80. The fourth-order valence-corrected chi connectivity index (χ4v) is 3.38. The third-order valence-corrected chi connectivity index (χ3v) is 4.56. The van der Waals surface area contributed by atoms with Crippen molar-refractivity contribution in [1.29, 1.82) is 0 Å². The summed E-state index contributed by atoms with van der Waals surface area (Å²) in [5.41, 5.74) is 0. The Morgan fingerprint density at radius 3 is 1.28 bits per heavy atom. The minimum Gasteiger partial charge on any atom is -0.404 e. The first-order valence-corrected chi connectivity index (χ1v) is 7.83. The molecule has 0 aliphatic carbocycles. The quantitative estimate of drug-likeness (QED) is 0.735. The van der Waals surface area contributed by atoms with Gasteiger partial charge in [-0.3, -0.25) is 0 Å². The van der Waals surface area contributed by atoms with Gasteiger partial charge >= 0.3 is 12.7 Å². The topological polar surface area (TPSA) is 52.6 Å². The number of para-hydroxylation sites is 2. The van der Waals surface area contributed by atoms with Crippen LogP contribution in [0.3, 0.4) is 0 Å².